The number of pyridine rings is 1. The summed E-state index contributed by atoms with van der Waals surface area (Å²) in [6.45, 7) is 6.18. The van der Waals surface area contributed by atoms with E-state index in [1.807, 2.05) is 0 Å². The van der Waals surface area contributed by atoms with Gasteiger partial charge in [-0.1, -0.05) is 26.7 Å². The molecule has 0 aliphatic heterocycles. The van der Waals surface area contributed by atoms with E-state index < -0.39 is 5.91 Å². The van der Waals surface area contributed by atoms with Gasteiger partial charge in [-0.25, -0.2) is 4.98 Å². The van der Waals surface area contributed by atoms with Crippen LogP contribution >= 0.6 is 0 Å². The fraction of sp³-hybridized carbons (Fsp3) is 0.571. The number of carbonyl (C=O) groups excluding carboxylic acids is 1. The number of nitrogens with zero attached hydrogens (tertiary/aromatic N) is 2. The van der Waals surface area contributed by atoms with Crippen LogP contribution in [0.3, 0.4) is 0 Å². The third-order valence-electron chi connectivity index (χ3n) is 3.07. The highest BCUT2D eigenvalue weighted by Gasteiger charge is 2.12. The van der Waals surface area contributed by atoms with E-state index in [9.17, 15) is 4.79 Å². The van der Waals surface area contributed by atoms with E-state index in [2.05, 4.69) is 23.7 Å². The van der Waals surface area contributed by atoms with Crippen molar-refractivity contribution >= 4 is 17.4 Å². The molecule has 0 atom stereocenters. The molecule has 0 aliphatic carbocycles. The van der Waals surface area contributed by atoms with Gasteiger partial charge in [-0.2, -0.15) is 0 Å². The van der Waals surface area contributed by atoms with Gasteiger partial charge in [0.2, 0.25) is 0 Å². The SMILES string of the molecule is CCCCN(CCCC)c1cc(C(N)=O)c(N)cn1. The van der Waals surface area contributed by atoms with E-state index in [1.165, 1.54) is 6.20 Å². The van der Waals surface area contributed by atoms with Crippen molar-refractivity contribution in [2.75, 3.05) is 23.7 Å². The van der Waals surface area contributed by atoms with Crippen LogP contribution in [-0.2, 0) is 0 Å². The molecular formula is C14H24N4O. The highest BCUT2D eigenvalue weighted by Crippen LogP contribution is 2.19. The summed E-state index contributed by atoms with van der Waals surface area (Å²) in [5.41, 5.74) is 11.7. The molecule has 0 bridgehead atoms. The Labute approximate surface area is 115 Å². The molecular weight excluding hydrogens is 240 g/mol. The summed E-state index contributed by atoms with van der Waals surface area (Å²) in [6, 6.07) is 1.70. The van der Waals surface area contributed by atoms with Crippen LogP contribution in [0.1, 0.15) is 49.9 Å². The molecule has 0 fully saturated rings. The molecule has 1 aromatic rings. The van der Waals surface area contributed by atoms with Crippen molar-refractivity contribution in [2.24, 2.45) is 5.73 Å². The first-order valence-electron chi connectivity index (χ1n) is 6.90. The van der Waals surface area contributed by atoms with Gasteiger partial charge < -0.3 is 16.4 Å². The minimum atomic E-state index is -0.507. The van der Waals surface area contributed by atoms with Crippen molar-refractivity contribution in [3.05, 3.63) is 17.8 Å². The van der Waals surface area contributed by atoms with Gasteiger partial charge in [-0.05, 0) is 18.9 Å². The van der Waals surface area contributed by atoms with Crippen LogP contribution in [0.4, 0.5) is 11.5 Å². The molecule has 0 aliphatic rings. The molecule has 0 aromatic carbocycles. The zero-order chi connectivity index (χ0) is 14.3. The summed E-state index contributed by atoms with van der Waals surface area (Å²) >= 11 is 0. The van der Waals surface area contributed by atoms with Gasteiger partial charge in [0, 0.05) is 13.1 Å². The number of primary amides is 1. The topological polar surface area (TPSA) is 85.2 Å². The van der Waals surface area contributed by atoms with Gasteiger partial charge in [0.15, 0.2) is 0 Å². The molecule has 1 amide bonds. The standard InChI is InChI=1S/C14H24N4O/c1-3-5-7-18(8-6-4-2)13-9-11(14(16)19)12(15)10-17-13/h9-10H,3-8,15H2,1-2H3,(H2,16,19). The summed E-state index contributed by atoms with van der Waals surface area (Å²) in [6.07, 6.45) is 5.96. The van der Waals surface area contributed by atoms with Crippen molar-refractivity contribution in [1.82, 2.24) is 4.98 Å². The Morgan fingerprint density at radius 2 is 1.84 bits per heavy atom. The number of carbonyl (C=O) groups is 1. The lowest BCUT2D eigenvalue weighted by atomic mass is 10.2. The molecule has 106 valence electrons. The van der Waals surface area contributed by atoms with Crippen molar-refractivity contribution in [1.29, 1.82) is 0 Å². The molecule has 0 spiro atoms. The maximum absolute atomic E-state index is 11.3. The molecule has 1 heterocycles. The van der Waals surface area contributed by atoms with E-state index in [0.717, 1.165) is 44.6 Å². The zero-order valence-electron chi connectivity index (χ0n) is 11.9. The van der Waals surface area contributed by atoms with Gasteiger partial charge in [-0.3, -0.25) is 4.79 Å². The lowest BCUT2D eigenvalue weighted by Crippen LogP contribution is -2.27. The van der Waals surface area contributed by atoms with Gasteiger partial charge in [0.1, 0.15) is 5.82 Å². The Bertz CT molecular complexity index is 412. The highest BCUT2D eigenvalue weighted by molar-refractivity contribution is 5.98. The molecule has 1 aromatic heterocycles. The summed E-state index contributed by atoms with van der Waals surface area (Å²) in [5, 5.41) is 0. The molecule has 0 radical (unpaired) electrons. The summed E-state index contributed by atoms with van der Waals surface area (Å²) in [4.78, 5) is 17.8. The average molecular weight is 264 g/mol. The van der Waals surface area contributed by atoms with Gasteiger partial charge in [-0.15, -0.1) is 0 Å². The number of aromatic nitrogens is 1. The predicted octanol–water partition coefficient (Wildman–Crippen LogP) is 2.17. The number of unbranched alkanes of at least 4 members (excludes halogenated alkanes) is 2. The Balaban J connectivity index is 2.93. The Kier molecular flexibility index (Phi) is 6.12. The van der Waals surface area contributed by atoms with Crippen LogP contribution in [0.15, 0.2) is 12.3 Å². The fourth-order valence-electron chi connectivity index (χ4n) is 1.88. The lowest BCUT2D eigenvalue weighted by Gasteiger charge is -2.24. The Morgan fingerprint density at radius 3 is 2.32 bits per heavy atom. The van der Waals surface area contributed by atoms with Crippen LogP contribution in [0.25, 0.3) is 0 Å². The van der Waals surface area contributed by atoms with Gasteiger partial charge in [0.25, 0.3) is 5.91 Å². The van der Waals surface area contributed by atoms with Crippen molar-refractivity contribution in [2.45, 2.75) is 39.5 Å². The van der Waals surface area contributed by atoms with Gasteiger partial charge in [0.05, 0.1) is 17.4 Å². The maximum atomic E-state index is 11.3. The minimum absolute atomic E-state index is 0.335. The molecule has 0 unspecified atom stereocenters. The summed E-state index contributed by atoms with van der Waals surface area (Å²) in [5.74, 6) is 0.275. The second kappa shape index (κ2) is 7.61. The number of nitrogens with two attached hydrogens (primary N) is 2. The van der Waals surface area contributed by atoms with E-state index in [1.54, 1.807) is 6.07 Å². The zero-order valence-corrected chi connectivity index (χ0v) is 11.9. The first kappa shape index (κ1) is 15.3. The number of amides is 1. The molecule has 4 N–H and O–H groups in total. The molecule has 0 saturated heterocycles. The molecule has 5 heteroatoms. The second-order valence-electron chi connectivity index (χ2n) is 4.69. The predicted molar refractivity (Wildman–Crippen MR) is 79.2 cm³/mol. The quantitative estimate of drug-likeness (QED) is 0.753. The van der Waals surface area contributed by atoms with Crippen LogP contribution in [-0.4, -0.2) is 24.0 Å². The summed E-state index contributed by atoms with van der Waals surface area (Å²) in [7, 11) is 0. The third-order valence-corrected chi connectivity index (χ3v) is 3.07. The number of hydrogen-bond donors (Lipinski definition) is 2. The molecule has 5 nitrogen and oxygen atoms in total. The number of rotatable bonds is 8. The van der Waals surface area contributed by atoms with Crippen LogP contribution in [0.5, 0.6) is 0 Å². The highest BCUT2D eigenvalue weighted by atomic mass is 16.1. The monoisotopic (exact) mass is 264 g/mol. The first-order valence-corrected chi connectivity index (χ1v) is 6.90. The van der Waals surface area contributed by atoms with Crippen molar-refractivity contribution in [3.63, 3.8) is 0 Å². The molecule has 1 rings (SSSR count). The van der Waals surface area contributed by atoms with E-state index in [0.29, 0.717) is 11.3 Å². The molecule has 0 saturated carbocycles. The lowest BCUT2D eigenvalue weighted by molar-refractivity contribution is 0.100. The van der Waals surface area contributed by atoms with E-state index >= 15 is 0 Å². The van der Waals surface area contributed by atoms with Crippen molar-refractivity contribution in [3.8, 4) is 0 Å². The van der Waals surface area contributed by atoms with E-state index in [-0.39, 0.29) is 0 Å². The van der Waals surface area contributed by atoms with E-state index in [4.69, 9.17) is 11.5 Å². The normalized spacial score (nSPS) is 10.4. The summed E-state index contributed by atoms with van der Waals surface area (Å²) < 4.78 is 0. The fourth-order valence-corrected chi connectivity index (χ4v) is 1.88. The smallest absolute Gasteiger partial charge is 0.250 e. The minimum Gasteiger partial charge on any atom is -0.397 e. The largest absolute Gasteiger partial charge is 0.397 e. The van der Waals surface area contributed by atoms with Crippen LogP contribution in [0.2, 0.25) is 0 Å². The van der Waals surface area contributed by atoms with Gasteiger partial charge >= 0.3 is 0 Å². The number of hydrogen-bond acceptors (Lipinski definition) is 4. The Morgan fingerprint density at radius 1 is 1.26 bits per heavy atom. The second-order valence-corrected chi connectivity index (χ2v) is 4.69. The first-order chi connectivity index (χ1) is 9.10. The Hall–Kier alpha value is -1.78. The number of anilines is 2. The van der Waals surface area contributed by atoms with Crippen LogP contribution in [0, 0.1) is 0 Å². The third kappa shape index (κ3) is 4.43. The number of nitrogen functional groups attached to an aromatic ring is 1. The molecule has 19 heavy (non-hydrogen) atoms. The van der Waals surface area contributed by atoms with Crippen molar-refractivity contribution < 1.29 is 4.79 Å². The van der Waals surface area contributed by atoms with Crippen LogP contribution < -0.4 is 16.4 Å². The maximum Gasteiger partial charge on any atom is 0.250 e. The average Bonchev–Trinajstić information content (AvgIpc) is 2.39.